The zero-order chi connectivity index (χ0) is 21.4. The monoisotopic (exact) mass is 422 g/mol. The molecule has 0 saturated carbocycles. The highest BCUT2D eigenvalue weighted by molar-refractivity contribution is 6.74. The highest BCUT2D eigenvalue weighted by atomic mass is 28.4. The summed E-state index contributed by atoms with van der Waals surface area (Å²) in [5.74, 6) is 1.29. The van der Waals surface area contributed by atoms with Gasteiger partial charge in [0.25, 0.3) is 0 Å². The van der Waals surface area contributed by atoms with E-state index in [0.29, 0.717) is 23.9 Å². The smallest absolute Gasteiger partial charge is 0.191 e. The van der Waals surface area contributed by atoms with E-state index in [2.05, 4.69) is 87.6 Å². The van der Waals surface area contributed by atoms with Gasteiger partial charge in [0.2, 0.25) is 0 Å². The summed E-state index contributed by atoms with van der Waals surface area (Å²) >= 11 is 0. The van der Waals surface area contributed by atoms with E-state index < -0.39 is 8.32 Å². The Hall–Kier alpha value is -1.36. The van der Waals surface area contributed by atoms with Crippen LogP contribution in [0.1, 0.15) is 51.4 Å². The lowest BCUT2D eigenvalue weighted by Crippen LogP contribution is -2.61. The molecule has 0 amide bonds. The quantitative estimate of drug-likeness (QED) is 0.441. The SMILES string of the molecule is C/C=C1/CN2[C@H]3C[C@@H]1[C@@H](CO[Si](C)(C)C(C)(C)C)[C@@H]2Cc1c3n(C)c2ccccc12. The Morgan fingerprint density at radius 1 is 1.20 bits per heavy atom. The van der Waals surface area contributed by atoms with Crippen molar-refractivity contribution < 1.29 is 4.43 Å². The molecule has 0 radical (unpaired) electrons. The summed E-state index contributed by atoms with van der Waals surface area (Å²) in [6, 6.07) is 10.2. The van der Waals surface area contributed by atoms with Gasteiger partial charge in [0.05, 0.1) is 6.04 Å². The van der Waals surface area contributed by atoms with Crippen molar-refractivity contribution in [2.45, 2.75) is 70.8 Å². The lowest BCUT2D eigenvalue weighted by molar-refractivity contribution is -0.0493. The number of allylic oxidation sites excluding steroid dienone is 1. The molecule has 5 heterocycles. The van der Waals surface area contributed by atoms with Crippen LogP contribution in [-0.2, 0) is 17.9 Å². The first kappa shape index (κ1) is 20.5. The molecule has 6 rings (SSSR count). The van der Waals surface area contributed by atoms with Crippen LogP contribution in [0.25, 0.3) is 10.9 Å². The van der Waals surface area contributed by atoms with Crippen LogP contribution < -0.4 is 0 Å². The largest absolute Gasteiger partial charge is 0.416 e. The Labute approximate surface area is 183 Å². The molecule has 30 heavy (non-hydrogen) atoms. The molecule has 3 fully saturated rings. The number of aromatic nitrogens is 1. The van der Waals surface area contributed by atoms with Crippen LogP contribution in [0.3, 0.4) is 0 Å². The average molecular weight is 423 g/mol. The third-order valence-electron chi connectivity index (χ3n) is 8.96. The molecular weight excluding hydrogens is 384 g/mol. The van der Waals surface area contributed by atoms with E-state index >= 15 is 0 Å². The number of fused-ring (bicyclic) bond motifs is 4. The second kappa shape index (κ2) is 6.82. The van der Waals surface area contributed by atoms with E-state index in [0.717, 1.165) is 13.2 Å². The fraction of sp³-hybridized carbons (Fsp3) is 0.615. The van der Waals surface area contributed by atoms with Crippen LogP contribution in [0, 0.1) is 11.8 Å². The first-order valence-electron chi connectivity index (χ1n) is 11.7. The van der Waals surface area contributed by atoms with Crippen LogP contribution in [0.4, 0.5) is 0 Å². The second-order valence-electron chi connectivity index (χ2n) is 11.3. The number of hydrogen-bond donors (Lipinski definition) is 0. The van der Waals surface area contributed by atoms with Gasteiger partial charge >= 0.3 is 0 Å². The summed E-state index contributed by atoms with van der Waals surface area (Å²) in [5, 5.41) is 1.74. The molecule has 0 spiro atoms. The predicted molar refractivity (Wildman–Crippen MR) is 128 cm³/mol. The Morgan fingerprint density at radius 2 is 1.93 bits per heavy atom. The molecule has 3 saturated heterocycles. The molecule has 4 heteroatoms. The van der Waals surface area contributed by atoms with Crippen molar-refractivity contribution in [1.82, 2.24) is 9.47 Å². The number of aryl methyl sites for hydroxylation is 1. The Bertz CT molecular complexity index is 1010. The van der Waals surface area contributed by atoms with Gasteiger partial charge in [-0.1, -0.05) is 50.6 Å². The molecule has 4 bridgehead atoms. The zero-order valence-corrected chi connectivity index (χ0v) is 20.8. The molecule has 4 aliphatic heterocycles. The van der Waals surface area contributed by atoms with Gasteiger partial charge < -0.3 is 8.99 Å². The normalized spacial score (nSPS) is 32.1. The number of hydrogen-bond acceptors (Lipinski definition) is 2. The first-order chi connectivity index (χ1) is 14.1. The predicted octanol–water partition coefficient (Wildman–Crippen LogP) is 6.06. The van der Waals surface area contributed by atoms with Gasteiger partial charge in [-0.15, -0.1) is 0 Å². The number of piperidine rings is 3. The molecule has 3 nitrogen and oxygen atoms in total. The van der Waals surface area contributed by atoms with Crippen molar-refractivity contribution in [3.63, 3.8) is 0 Å². The molecule has 1 aromatic heterocycles. The summed E-state index contributed by atoms with van der Waals surface area (Å²) in [5.41, 5.74) is 6.23. The number of benzene rings is 1. The Morgan fingerprint density at radius 3 is 2.63 bits per heavy atom. The average Bonchev–Trinajstić information content (AvgIpc) is 2.98. The number of para-hydroxylation sites is 1. The van der Waals surface area contributed by atoms with Gasteiger partial charge in [-0.25, -0.2) is 0 Å². The van der Waals surface area contributed by atoms with Gasteiger partial charge in [0, 0.05) is 48.8 Å². The Kier molecular flexibility index (Phi) is 4.67. The summed E-state index contributed by atoms with van der Waals surface area (Å²) in [7, 11) is 0.534. The van der Waals surface area contributed by atoms with Gasteiger partial charge in [0.1, 0.15) is 0 Å². The minimum Gasteiger partial charge on any atom is -0.416 e. The fourth-order valence-corrected chi connectivity index (χ4v) is 7.25. The van der Waals surface area contributed by atoms with E-state index in [1.165, 1.54) is 23.7 Å². The topological polar surface area (TPSA) is 17.4 Å². The lowest BCUT2D eigenvalue weighted by Gasteiger charge is -2.59. The summed E-state index contributed by atoms with van der Waals surface area (Å²) in [4.78, 5) is 2.83. The van der Waals surface area contributed by atoms with Crippen molar-refractivity contribution in [2.75, 3.05) is 13.2 Å². The molecule has 0 aliphatic carbocycles. The highest BCUT2D eigenvalue weighted by Crippen LogP contribution is 2.55. The number of rotatable bonds is 3. The van der Waals surface area contributed by atoms with E-state index in [1.54, 1.807) is 16.8 Å². The standard InChI is InChI=1S/C26H38N2OSi/c1-8-17-15-28-23-14-20-18-11-9-10-12-22(18)27(5)25(20)24(28)13-19(17)21(23)16-29-30(6,7)26(2,3)4/h8-12,19,21,23-24H,13-16H2,1-7H3/b17-8-/t19-,21+,23-,24-/m0/s1. The van der Waals surface area contributed by atoms with Crippen molar-refractivity contribution >= 4 is 19.2 Å². The molecule has 162 valence electrons. The number of nitrogens with zero attached hydrogens (tertiary/aromatic N) is 2. The molecule has 2 aromatic rings. The third kappa shape index (κ3) is 2.83. The van der Waals surface area contributed by atoms with E-state index in [4.69, 9.17) is 4.43 Å². The second-order valence-corrected chi connectivity index (χ2v) is 16.1. The molecule has 1 aromatic carbocycles. The molecule has 5 atom stereocenters. The molecular formula is C26H38N2OSi. The maximum absolute atomic E-state index is 6.83. The fourth-order valence-electron chi connectivity index (χ4n) is 6.21. The van der Waals surface area contributed by atoms with Crippen LogP contribution >= 0.6 is 0 Å². The minimum atomic E-state index is -1.74. The molecule has 4 aliphatic rings. The van der Waals surface area contributed by atoms with E-state index in [9.17, 15) is 0 Å². The van der Waals surface area contributed by atoms with E-state index in [1.807, 2.05) is 0 Å². The van der Waals surface area contributed by atoms with Crippen LogP contribution in [0.2, 0.25) is 18.1 Å². The maximum Gasteiger partial charge on any atom is 0.191 e. The van der Waals surface area contributed by atoms with Crippen LogP contribution in [-0.4, -0.2) is 37.0 Å². The van der Waals surface area contributed by atoms with Gasteiger partial charge in [0.15, 0.2) is 8.32 Å². The zero-order valence-electron chi connectivity index (χ0n) is 19.8. The third-order valence-corrected chi connectivity index (χ3v) is 13.5. The van der Waals surface area contributed by atoms with Gasteiger partial charge in [-0.05, 0) is 55.4 Å². The maximum atomic E-state index is 6.83. The molecule has 0 N–H and O–H groups in total. The van der Waals surface area contributed by atoms with Gasteiger partial charge in [-0.3, -0.25) is 4.90 Å². The highest BCUT2D eigenvalue weighted by Gasteiger charge is 2.53. The summed E-state index contributed by atoms with van der Waals surface area (Å²) < 4.78 is 9.32. The lowest BCUT2D eigenvalue weighted by atomic mass is 9.64. The van der Waals surface area contributed by atoms with Crippen LogP contribution in [0.15, 0.2) is 35.9 Å². The van der Waals surface area contributed by atoms with Crippen molar-refractivity contribution in [3.05, 3.63) is 47.2 Å². The molecule has 1 unspecified atom stereocenters. The summed E-state index contributed by atoms with van der Waals surface area (Å²) in [6.45, 7) is 16.2. The van der Waals surface area contributed by atoms with Crippen molar-refractivity contribution in [3.8, 4) is 0 Å². The minimum absolute atomic E-state index is 0.266. The Balaban J connectivity index is 1.53. The van der Waals surface area contributed by atoms with Crippen molar-refractivity contribution in [1.29, 1.82) is 0 Å². The van der Waals surface area contributed by atoms with Crippen molar-refractivity contribution in [2.24, 2.45) is 18.9 Å². The first-order valence-corrected chi connectivity index (χ1v) is 14.7. The van der Waals surface area contributed by atoms with Crippen LogP contribution in [0.5, 0.6) is 0 Å². The van der Waals surface area contributed by atoms with E-state index in [-0.39, 0.29) is 5.04 Å². The van der Waals surface area contributed by atoms with Gasteiger partial charge in [-0.2, -0.15) is 0 Å². The summed E-state index contributed by atoms with van der Waals surface area (Å²) in [6.07, 6.45) is 4.82.